The minimum absolute atomic E-state index is 0.282. The third kappa shape index (κ3) is 4.84. The second-order valence-electron chi connectivity index (χ2n) is 6.19. The molecule has 0 saturated carbocycles. The van der Waals surface area contributed by atoms with Crippen LogP contribution in [0, 0.1) is 0 Å². The zero-order valence-electron chi connectivity index (χ0n) is 14.4. The lowest BCUT2D eigenvalue weighted by atomic mass is 9.73. The lowest BCUT2D eigenvalue weighted by Crippen LogP contribution is -2.51. The fraction of sp³-hybridized carbons (Fsp3) is 0.529. The number of primary amides is 1. The molecular weight excluding hydrogens is 346 g/mol. The van der Waals surface area contributed by atoms with Gasteiger partial charge in [-0.2, -0.15) is 0 Å². The number of nitrogens with one attached hydrogen (secondary N) is 2. The average Bonchev–Trinajstić information content (AvgIpc) is 2.59. The maximum atomic E-state index is 11.9. The Bertz CT molecular complexity index is 632. The van der Waals surface area contributed by atoms with Crippen LogP contribution in [0.25, 0.3) is 0 Å². The van der Waals surface area contributed by atoms with E-state index in [0.717, 1.165) is 24.2 Å². The summed E-state index contributed by atoms with van der Waals surface area (Å²) in [6.45, 7) is 3.42. The molecule has 1 aliphatic heterocycles. The first kappa shape index (κ1) is 19.5. The molecule has 3 amide bonds. The van der Waals surface area contributed by atoms with Gasteiger partial charge in [-0.05, 0) is 38.0 Å². The Hall–Kier alpha value is -1.83. The van der Waals surface area contributed by atoms with Crippen molar-refractivity contribution in [1.82, 2.24) is 10.6 Å². The fourth-order valence-corrected chi connectivity index (χ4v) is 3.24. The molecule has 0 radical (unpaired) electrons. The number of halogens is 1. The SMILES string of the molecule is COc1ccc(Cl)cc1C1(CN[C@@H](C)C(=O)NC(N)=O)CCOCC1. The Morgan fingerprint density at radius 3 is 2.68 bits per heavy atom. The summed E-state index contributed by atoms with van der Waals surface area (Å²) < 4.78 is 11.0. The van der Waals surface area contributed by atoms with Crippen molar-refractivity contribution in [2.24, 2.45) is 5.73 Å². The van der Waals surface area contributed by atoms with E-state index < -0.39 is 18.0 Å². The van der Waals surface area contributed by atoms with Gasteiger partial charge in [0.25, 0.3) is 0 Å². The second-order valence-corrected chi connectivity index (χ2v) is 6.63. The number of imide groups is 1. The van der Waals surface area contributed by atoms with E-state index in [1.54, 1.807) is 20.1 Å². The van der Waals surface area contributed by atoms with E-state index in [4.69, 9.17) is 26.8 Å². The molecule has 0 aromatic heterocycles. The number of urea groups is 1. The normalized spacial score (nSPS) is 17.6. The molecule has 0 unspecified atom stereocenters. The average molecular weight is 370 g/mol. The summed E-state index contributed by atoms with van der Waals surface area (Å²) in [4.78, 5) is 22.7. The predicted octanol–water partition coefficient (Wildman–Crippen LogP) is 1.57. The first-order valence-corrected chi connectivity index (χ1v) is 8.51. The Morgan fingerprint density at radius 2 is 2.08 bits per heavy atom. The lowest BCUT2D eigenvalue weighted by Gasteiger charge is -2.39. The lowest BCUT2D eigenvalue weighted by molar-refractivity contribution is -0.121. The zero-order chi connectivity index (χ0) is 18.4. The largest absolute Gasteiger partial charge is 0.496 e. The molecule has 7 nitrogen and oxygen atoms in total. The van der Waals surface area contributed by atoms with E-state index in [1.807, 2.05) is 12.1 Å². The summed E-state index contributed by atoms with van der Waals surface area (Å²) in [6, 6.07) is 4.10. The minimum atomic E-state index is -0.865. The summed E-state index contributed by atoms with van der Waals surface area (Å²) in [5.41, 5.74) is 5.70. The highest BCUT2D eigenvalue weighted by Gasteiger charge is 2.37. The number of amides is 3. The molecule has 1 saturated heterocycles. The molecule has 0 aliphatic carbocycles. The molecule has 138 valence electrons. The van der Waals surface area contributed by atoms with Gasteiger partial charge in [-0.25, -0.2) is 4.79 Å². The zero-order valence-corrected chi connectivity index (χ0v) is 15.2. The van der Waals surface area contributed by atoms with Crippen LogP contribution in [0.15, 0.2) is 18.2 Å². The van der Waals surface area contributed by atoms with E-state index >= 15 is 0 Å². The van der Waals surface area contributed by atoms with Gasteiger partial charge < -0.3 is 20.5 Å². The van der Waals surface area contributed by atoms with Crippen molar-refractivity contribution in [2.75, 3.05) is 26.9 Å². The molecule has 8 heteroatoms. The second kappa shape index (κ2) is 8.51. The van der Waals surface area contributed by atoms with Crippen LogP contribution >= 0.6 is 11.6 Å². The number of carbonyl (C=O) groups excluding carboxylic acids is 2. The van der Waals surface area contributed by atoms with Gasteiger partial charge in [-0.1, -0.05) is 11.6 Å². The van der Waals surface area contributed by atoms with Crippen molar-refractivity contribution in [1.29, 1.82) is 0 Å². The van der Waals surface area contributed by atoms with Crippen molar-refractivity contribution in [3.05, 3.63) is 28.8 Å². The number of nitrogens with two attached hydrogens (primary N) is 1. The molecule has 0 bridgehead atoms. The molecule has 1 fully saturated rings. The van der Waals surface area contributed by atoms with Crippen molar-refractivity contribution >= 4 is 23.5 Å². The third-order valence-electron chi connectivity index (χ3n) is 4.57. The van der Waals surface area contributed by atoms with Gasteiger partial charge in [-0.3, -0.25) is 10.1 Å². The summed E-state index contributed by atoms with van der Waals surface area (Å²) in [7, 11) is 1.62. The first-order chi connectivity index (χ1) is 11.9. The monoisotopic (exact) mass is 369 g/mol. The third-order valence-corrected chi connectivity index (χ3v) is 4.80. The van der Waals surface area contributed by atoms with Gasteiger partial charge in [0.05, 0.1) is 13.2 Å². The van der Waals surface area contributed by atoms with Gasteiger partial charge in [0, 0.05) is 35.8 Å². The summed E-state index contributed by atoms with van der Waals surface area (Å²) in [6.07, 6.45) is 1.53. The van der Waals surface area contributed by atoms with Gasteiger partial charge in [0.1, 0.15) is 5.75 Å². The molecule has 0 spiro atoms. The van der Waals surface area contributed by atoms with E-state index in [0.29, 0.717) is 24.8 Å². The quantitative estimate of drug-likeness (QED) is 0.706. The summed E-state index contributed by atoms with van der Waals surface area (Å²) >= 11 is 6.20. The Kier molecular flexibility index (Phi) is 6.64. The molecule has 1 aromatic carbocycles. The fourth-order valence-electron chi connectivity index (χ4n) is 3.07. The van der Waals surface area contributed by atoms with Crippen molar-refractivity contribution < 1.29 is 19.1 Å². The van der Waals surface area contributed by atoms with Crippen molar-refractivity contribution in [2.45, 2.75) is 31.2 Å². The standard InChI is InChI=1S/C17H24ClN3O4/c1-11(15(22)21-16(19)23)20-10-17(5-7-25-8-6-17)13-9-12(18)3-4-14(13)24-2/h3-4,9,11,20H,5-8,10H2,1-2H3,(H3,19,21,22,23)/t11-/m0/s1. The maximum Gasteiger partial charge on any atom is 0.318 e. The number of rotatable bonds is 6. The van der Waals surface area contributed by atoms with Crippen LogP contribution < -0.4 is 21.1 Å². The summed E-state index contributed by atoms with van der Waals surface area (Å²) in [5.74, 6) is 0.287. The number of carbonyl (C=O) groups is 2. The Morgan fingerprint density at radius 1 is 1.40 bits per heavy atom. The first-order valence-electron chi connectivity index (χ1n) is 8.13. The van der Waals surface area contributed by atoms with Gasteiger partial charge in [-0.15, -0.1) is 0 Å². The number of benzene rings is 1. The van der Waals surface area contributed by atoms with E-state index in [1.165, 1.54) is 0 Å². The van der Waals surface area contributed by atoms with E-state index in [9.17, 15) is 9.59 Å². The minimum Gasteiger partial charge on any atom is -0.496 e. The molecular formula is C17H24ClN3O4. The molecule has 1 aliphatic rings. The van der Waals surface area contributed by atoms with E-state index in [-0.39, 0.29) is 5.41 Å². The molecule has 1 heterocycles. The van der Waals surface area contributed by atoms with E-state index in [2.05, 4.69) is 10.6 Å². The number of hydrogen-bond donors (Lipinski definition) is 3. The van der Waals surface area contributed by atoms with Crippen molar-refractivity contribution in [3.63, 3.8) is 0 Å². The molecule has 2 rings (SSSR count). The molecule has 25 heavy (non-hydrogen) atoms. The highest BCUT2D eigenvalue weighted by molar-refractivity contribution is 6.30. The van der Waals surface area contributed by atoms with Crippen LogP contribution in [-0.4, -0.2) is 44.8 Å². The van der Waals surface area contributed by atoms with Crippen LogP contribution in [0.4, 0.5) is 4.79 Å². The highest BCUT2D eigenvalue weighted by Crippen LogP contribution is 2.40. The molecule has 1 aromatic rings. The van der Waals surface area contributed by atoms with Crippen LogP contribution in [0.1, 0.15) is 25.3 Å². The predicted molar refractivity (Wildman–Crippen MR) is 94.9 cm³/mol. The smallest absolute Gasteiger partial charge is 0.318 e. The molecule has 1 atom stereocenters. The number of methoxy groups -OCH3 is 1. The highest BCUT2D eigenvalue weighted by atomic mass is 35.5. The van der Waals surface area contributed by atoms with Crippen LogP contribution in [-0.2, 0) is 14.9 Å². The van der Waals surface area contributed by atoms with Gasteiger partial charge in [0.15, 0.2) is 0 Å². The van der Waals surface area contributed by atoms with Gasteiger partial charge >= 0.3 is 6.03 Å². The maximum absolute atomic E-state index is 11.9. The Balaban J connectivity index is 2.22. The Labute approximate surface area is 152 Å². The van der Waals surface area contributed by atoms with Crippen LogP contribution in [0.5, 0.6) is 5.75 Å². The van der Waals surface area contributed by atoms with Gasteiger partial charge in [0.2, 0.25) is 5.91 Å². The number of ether oxygens (including phenoxy) is 2. The summed E-state index contributed by atoms with van der Waals surface area (Å²) in [5, 5.41) is 5.90. The topological polar surface area (TPSA) is 103 Å². The van der Waals surface area contributed by atoms with Crippen LogP contribution in [0.3, 0.4) is 0 Å². The molecule has 4 N–H and O–H groups in total. The van der Waals surface area contributed by atoms with Crippen LogP contribution in [0.2, 0.25) is 5.02 Å². The van der Waals surface area contributed by atoms with Crippen molar-refractivity contribution in [3.8, 4) is 5.75 Å². The number of hydrogen-bond acceptors (Lipinski definition) is 5.